The number of nitrogens with zero attached hydrogens (tertiary/aromatic N) is 1. The summed E-state index contributed by atoms with van der Waals surface area (Å²) in [5.74, 6) is -0.414. The first-order chi connectivity index (χ1) is 9.49. The van der Waals surface area contributed by atoms with Crippen LogP contribution in [0.15, 0.2) is 0 Å². The highest BCUT2D eigenvalue weighted by Crippen LogP contribution is 2.16. The largest absolute Gasteiger partial charge is 0.468 e. The Balaban J connectivity index is 2.68. The maximum atomic E-state index is 12.2. The van der Waals surface area contributed by atoms with Crippen LogP contribution in [0.4, 0.5) is 4.79 Å². The number of esters is 1. The summed E-state index contributed by atoms with van der Waals surface area (Å²) in [6.07, 6.45) is -0.0643. The van der Waals surface area contributed by atoms with Crippen molar-refractivity contribution in [3.8, 4) is 0 Å². The van der Waals surface area contributed by atoms with Gasteiger partial charge in [-0.05, 0) is 20.8 Å². The second-order valence-corrected chi connectivity index (χ2v) is 12.8. The van der Waals surface area contributed by atoms with Crippen molar-refractivity contribution in [2.45, 2.75) is 52.1 Å². The van der Waals surface area contributed by atoms with E-state index in [1.54, 1.807) is 20.8 Å². The second-order valence-electron chi connectivity index (χ2n) is 7.43. The van der Waals surface area contributed by atoms with Crippen LogP contribution in [0.1, 0.15) is 20.8 Å². The van der Waals surface area contributed by atoms with Gasteiger partial charge in [-0.3, -0.25) is 4.90 Å². The lowest BCUT2D eigenvalue weighted by Crippen LogP contribution is -2.54. The molecule has 0 saturated carbocycles. The smallest absolute Gasteiger partial charge is 0.411 e. The van der Waals surface area contributed by atoms with Gasteiger partial charge < -0.3 is 14.2 Å². The minimum Gasteiger partial charge on any atom is -0.468 e. The topological polar surface area (TPSA) is 65.1 Å². The van der Waals surface area contributed by atoms with Crippen molar-refractivity contribution in [2.24, 2.45) is 0 Å². The first-order valence-corrected chi connectivity index (χ1v) is 10.9. The van der Waals surface area contributed by atoms with Crippen molar-refractivity contribution in [3.05, 3.63) is 0 Å². The predicted octanol–water partition coefficient (Wildman–Crippen LogP) is 2.04. The lowest BCUT2D eigenvalue weighted by atomic mass is 10.2. The summed E-state index contributed by atoms with van der Waals surface area (Å²) in [5, 5.41) is 0. The van der Waals surface area contributed by atoms with Gasteiger partial charge in [0.2, 0.25) is 0 Å². The summed E-state index contributed by atoms with van der Waals surface area (Å²) >= 11 is 0. The van der Waals surface area contributed by atoms with Crippen molar-refractivity contribution >= 4 is 20.1 Å². The fourth-order valence-corrected chi connectivity index (χ4v) is 2.30. The molecule has 1 aliphatic heterocycles. The van der Waals surface area contributed by atoms with E-state index in [0.717, 1.165) is 0 Å². The summed E-state index contributed by atoms with van der Waals surface area (Å²) in [5.41, 5.74) is -0.595. The summed E-state index contributed by atoms with van der Waals surface area (Å²) < 4.78 is 16.0. The van der Waals surface area contributed by atoms with Gasteiger partial charge in [0.05, 0.1) is 27.5 Å². The highest BCUT2D eigenvalue weighted by atomic mass is 28.3. The lowest BCUT2D eigenvalue weighted by molar-refractivity contribution is -0.154. The average Bonchev–Trinajstić information content (AvgIpc) is 2.33. The third-order valence-electron chi connectivity index (χ3n) is 2.68. The van der Waals surface area contributed by atoms with Crippen LogP contribution in [0.2, 0.25) is 19.6 Å². The molecule has 1 saturated heterocycles. The van der Waals surface area contributed by atoms with E-state index in [9.17, 15) is 9.59 Å². The average molecular weight is 317 g/mol. The number of hydrogen-bond acceptors (Lipinski definition) is 5. The molecule has 0 spiro atoms. The number of carbonyl (C=O) groups is 2. The standard InChI is InChI=1S/C14H27NO5Si/c1-14(2,3)20-13(17)15-7-8-18-9-11(15)12(16)19-10-21(4,5)6/h11H,7-10H2,1-6H3. The lowest BCUT2D eigenvalue weighted by Gasteiger charge is -2.35. The Morgan fingerprint density at radius 2 is 1.90 bits per heavy atom. The van der Waals surface area contributed by atoms with E-state index in [-0.39, 0.29) is 6.61 Å². The zero-order valence-electron chi connectivity index (χ0n) is 13.9. The number of amides is 1. The van der Waals surface area contributed by atoms with E-state index < -0.39 is 31.8 Å². The number of ether oxygens (including phenoxy) is 3. The summed E-state index contributed by atoms with van der Waals surface area (Å²) in [6.45, 7) is 12.6. The molecule has 1 atom stereocenters. The van der Waals surface area contributed by atoms with E-state index in [0.29, 0.717) is 19.4 Å². The van der Waals surface area contributed by atoms with Crippen LogP contribution in [-0.2, 0) is 19.0 Å². The highest BCUT2D eigenvalue weighted by Gasteiger charge is 2.37. The molecule has 6 nitrogen and oxygen atoms in total. The molecule has 0 aromatic rings. The molecule has 1 fully saturated rings. The van der Waals surface area contributed by atoms with Crippen LogP contribution in [0.5, 0.6) is 0 Å². The van der Waals surface area contributed by atoms with E-state index >= 15 is 0 Å². The van der Waals surface area contributed by atoms with Gasteiger partial charge in [-0.1, -0.05) is 19.6 Å². The van der Waals surface area contributed by atoms with Crippen molar-refractivity contribution in [3.63, 3.8) is 0 Å². The molecule has 0 radical (unpaired) electrons. The highest BCUT2D eigenvalue weighted by molar-refractivity contribution is 6.76. The monoisotopic (exact) mass is 317 g/mol. The fraction of sp³-hybridized carbons (Fsp3) is 0.857. The number of morpholine rings is 1. The summed E-state index contributed by atoms with van der Waals surface area (Å²) in [4.78, 5) is 25.8. The van der Waals surface area contributed by atoms with Gasteiger partial charge >= 0.3 is 12.1 Å². The first-order valence-electron chi connectivity index (χ1n) is 7.24. The van der Waals surface area contributed by atoms with Gasteiger partial charge in [-0.25, -0.2) is 9.59 Å². The number of rotatable bonds is 3. The van der Waals surface area contributed by atoms with Gasteiger partial charge in [-0.2, -0.15) is 0 Å². The quantitative estimate of drug-likeness (QED) is 0.589. The van der Waals surface area contributed by atoms with Crippen LogP contribution in [-0.4, -0.2) is 62.7 Å². The third kappa shape index (κ3) is 6.47. The Hall–Kier alpha value is -1.08. The number of hydrogen-bond donors (Lipinski definition) is 0. The number of carbonyl (C=O) groups excluding carboxylic acids is 2. The van der Waals surface area contributed by atoms with E-state index in [4.69, 9.17) is 14.2 Å². The second kappa shape index (κ2) is 6.78. The van der Waals surface area contributed by atoms with Crippen LogP contribution in [0, 0.1) is 0 Å². The van der Waals surface area contributed by atoms with Crippen LogP contribution >= 0.6 is 0 Å². The Morgan fingerprint density at radius 3 is 2.43 bits per heavy atom. The SMILES string of the molecule is CC(C)(C)OC(=O)N1CCOCC1C(=O)OC[Si](C)(C)C. The molecular formula is C14H27NO5Si. The Bertz CT molecular complexity index is 386. The third-order valence-corrected chi connectivity index (χ3v) is 3.69. The first kappa shape index (κ1) is 18.0. The molecule has 1 heterocycles. The van der Waals surface area contributed by atoms with Gasteiger partial charge in [0.25, 0.3) is 0 Å². The molecule has 0 aromatic heterocycles. The molecule has 122 valence electrons. The maximum Gasteiger partial charge on any atom is 0.411 e. The van der Waals surface area contributed by atoms with Crippen molar-refractivity contribution in [1.29, 1.82) is 0 Å². The molecule has 1 rings (SSSR count). The van der Waals surface area contributed by atoms with Gasteiger partial charge in [0.15, 0.2) is 6.04 Å². The van der Waals surface area contributed by atoms with Crippen LogP contribution in [0.3, 0.4) is 0 Å². The predicted molar refractivity (Wildman–Crippen MR) is 81.9 cm³/mol. The fourth-order valence-electron chi connectivity index (χ4n) is 1.72. The minimum atomic E-state index is -1.49. The van der Waals surface area contributed by atoms with Crippen molar-refractivity contribution < 1.29 is 23.8 Å². The molecule has 0 aromatic carbocycles. The molecule has 1 aliphatic rings. The van der Waals surface area contributed by atoms with E-state index in [1.807, 2.05) is 0 Å². The molecule has 0 aliphatic carbocycles. The molecular weight excluding hydrogens is 290 g/mol. The van der Waals surface area contributed by atoms with Crippen molar-refractivity contribution in [2.75, 3.05) is 26.0 Å². The zero-order valence-corrected chi connectivity index (χ0v) is 14.9. The molecule has 7 heteroatoms. The summed E-state index contributed by atoms with van der Waals surface area (Å²) in [6, 6.07) is -0.718. The normalized spacial score (nSPS) is 20.1. The van der Waals surface area contributed by atoms with Crippen molar-refractivity contribution in [1.82, 2.24) is 4.90 Å². The zero-order chi connectivity index (χ0) is 16.3. The van der Waals surface area contributed by atoms with Crippen LogP contribution in [0.25, 0.3) is 0 Å². The minimum absolute atomic E-state index is 0.157. The summed E-state index contributed by atoms with van der Waals surface area (Å²) in [7, 11) is -1.49. The maximum absolute atomic E-state index is 12.2. The van der Waals surface area contributed by atoms with Crippen LogP contribution < -0.4 is 0 Å². The van der Waals surface area contributed by atoms with E-state index in [1.165, 1.54) is 4.90 Å². The van der Waals surface area contributed by atoms with Gasteiger partial charge in [0, 0.05) is 6.54 Å². The van der Waals surface area contributed by atoms with E-state index in [2.05, 4.69) is 19.6 Å². The molecule has 1 amide bonds. The van der Waals surface area contributed by atoms with Gasteiger partial charge in [-0.15, -0.1) is 0 Å². The Labute approximate surface area is 127 Å². The molecule has 0 N–H and O–H groups in total. The molecule has 0 bridgehead atoms. The Morgan fingerprint density at radius 1 is 1.29 bits per heavy atom. The van der Waals surface area contributed by atoms with Gasteiger partial charge in [0.1, 0.15) is 5.60 Å². The molecule has 1 unspecified atom stereocenters. The molecule has 21 heavy (non-hydrogen) atoms. The Kier molecular flexibility index (Phi) is 5.80.